The largest absolute Gasteiger partial charge is 0.522 e. The molecule has 1 aromatic carbocycles. The average Bonchev–Trinajstić information content (AvgIpc) is 3.20. The minimum atomic E-state index is -4.59. The van der Waals surface area contributed by atoms with Crippen LogP contribution in [0.3, 0.4) is 0 Å². The molecule has 0 saturated heterocycles. The van der Waals surface area contributed by atoms with Crippen LogP contribution in [0.2, 0.25) is 0 Å². The summed E-state index contributed by atoms with van der Waals surface area (Å²) in [5, 5.41) is 7.03. The Hall–Kier alpha value is -3.14. The Morgan fingerprint density at radius 2 is 1.91 bits per heavy atom. The molecule has 0 atom stereocenters. The van der Waals surface area contributed by atoms with Crippen LogP contribution in [0, 0.1) is 0 Å². The molecule has 1 amide bonds. The van der Waals surface area contributed by atoms with E-state index in [1.807, 2.05) is 18.3 Å². The molecule has 2 aliphatic rings. The van der Waals surface area contributed by atoms with E-state index in [0.717, 1.165) is 22.1 Å². The number of carbonyl (C=O) groups is 1. The molecule has 2 aromatic heterocycles. The highest BCUT2D eigenvalue weighted by molar-refractivity contribution is 5.99. The van der Waals surface area contributed by atoms with Gasteiger partial charge < -0.3 is 15.6 Å². The van der Waals surface area contributed by atoms with Crippen LogP contribution >= 0.6 is 0 Å². The van der Waals surface area contributed by atoms with Gasteiger partial charge in [-0.2, -0.15) is 4.98 Å². The number of hydrogen-bond donors (Lipinski definition) is 3. The number of amides is 1. The van der Waals surface area contributed by atoms with Gasteiger partial charge in [-0.1, -0.05) is 19.9 Å². The molecule has 1 saturated carbocycles. The molecular weight excluding hydrogens is 447 g/mol. The summed E-state index contributed by atoms with van der Waals surface area (Å²) < 4.78 is 41.4. The Kier molecular flexibility index (Phi) is 5.50. The van der Waals surface area contributed by atoms with Gasteiger partial charge in [-0.05, 0) is 48.9 Å². The minimum Gasteiger partial charge on any atom is -0.351 e. The van der Waals surface area contributed by atoms with Gasteiger partial charge >= 0.3 is 6.36 Å². The van der Waals surface area contributed by atoms with Crippen LogP contribution in [0.4, 0.5) is 19.1 Å². The first-order valence-electron chi connectivity index (χ1n) is 11.4. The number of carbonyl (C=O) groups excluding carboxylic acids is 1. The highest BCUT2D eigenvalue weighted by atomic mass is 19.4. The van der Waals surface area contributed by atoms with Gasteiger partial charge in [0.15, 0.2) is 0 Å². The summed E-state index contributed by atoms with van der Waals surface area (Å²) in [5.41, 5.74) is 4.10. The number of nitrogens with one attached hydrogen (secondary N) is 3. The molecule has 3 N–H and O–H groups in total. The highest BCUT2D eigenvalue weighted by Crippen LogP contribution is 2.35. The third kappa shape index (κ3) is 4.46. The fourth-order valence-corrected chi connectivity index (χ4v) is 4.87. The summed E-state index contributed by atoms with van der Waals surface area (Å²) in [7, 11) is 0. The zero-order chi connectivity index (χ0) is 24.1. The van der Waals surface area contributed by atoms with Crippen molar-refractivity contribution in [1.82, 2.24) is 20.3 Å². The van der Waals surface area contributed by atoms with Crippen molar-refractivity contribution in [3.63, 3.8) is 0 Å². The number of aromatic amines is 1. The average molecular weight is 473 g/mol. The predicted octanol–water partition coefficient (Wildman–Crippen LogP) is 4.91. The fraction of sp³-hybridized carbons (Fsp3) is 0.458. The maximum absolute atomic E-state index is 12.4. The molecule has 0 spiro atoms. The van der Waals surface area contributed by atoms with Crippen LogP contribution in [0.5, 0.6) is 0 Å². The molecule has 1 aliphatic carbocycles. The Labute approximate surface area is 194 Å². The molecule has 180 valence electrons. The molecule has 0 unspecified atom stereocenters. The van der Waals surface area contributed by atoms with Gasteiger partial charge in [0.25, 0.3) is 5.91 Å². The Morgan fingerprint density at radius 3 is 2.65 bits per heavy atom. The van der Waals surface area contributed by atoms with Crippen molar-refractivity contribution < 1.29 is 22.7 Å². The number of anilines is 1. The van der Waals surface area contributed by atoms with Crippen LogP contribution in [0.15, 0.2) is 30.6 Å². The molecule has 3 aromatic rings. The lowest BCUT2D eigenvalue weighted by molar-refractivity contribution is -0.345. The van der Waals surface area contributed by atoms with E-state index in [0.29, 0.717) is 49.4 Å². The lowest BCUT2D eigenvalue weighted by atomic mass is 9.78. The van der Waals surface area contributed by atoms with Crippen LogP contribution in [-0.4, -0.2) is 45.9 Å². The van der Waals surface area contributed by atoms with Crippen molar-refractivity contribution in [1.29, 1.82) is 0 Å². The molecule has 3 heterocycles. The predicted molar refractivity (Wildman–Crippen MR) is 121 cm³/mol. The molecule has 5 rings (SSSR count). The van der Waals surface area contributed by atoms with Crippen LogP contribution in [-0.2, 0) is 10.2 Å². The van der Waals surface area contributed by atoms with E-state index >= 15 is 0 Å². The number of aromatic nitrogens is 3. The minimum absolute atomic E-state index is 0.00556. The number of benzene rings is 1. The molecule has 0 radical (unpaired) electrons. The molecular formula is C24H26F3N5O2. The lowest BCUT2D eigenvalue weighted by Gasteiger charge is -2.32. The summed E-state index contributed by atoms with van der Waals surface area (Å²) in [5.74, 6) is 0.377. The second-order valence-electron chi connectivity index (χ2n) is 9.67. The highest BCUT2D eigenvalue weighted by Gasteiger charge is 2.35. The normalized spacial score (nSPS) is 22.3. The maximum atomic E-state index is 12.4. The van der Waals surface area contributed by atoms with Gasteiger partial charge in [0.05, 0.1) is 6.10 Å². The quantitative estimate of drug-likeness (QED) is 0.501. The van der Waals surface area contributed by atoms with Crippen LogP contribution < -0.4 is 10.6 Å². The first kappa shape index (κ1) is 22.6. The van der Waals surface area contributed by atoms with Crippen LogP contribution in [0.1, 0.15) is 55.5 Å². The van der Waals surface area contributed by atoms with E-state index < -0.39 is 12.5 Å². The molecule has 0 bridgehead atoms. The molecule has 7 nitrogen and oxygen atoms in total. The van der Waals surface area contributed by atoms with Crippen molar-refractivity contribution in [3.8, 4) is 11.1 Å². The number of nitrogens with zero attached hydrogens (tertiary/aromatic N) is 2. The Balaban J connectivity index is 1.33. The van der Waals surface area contributed by atoms with Crippen molar-refractivity contribution in [2.75, 3.05) is 11.9 Å². The number of rotatable bonds is 4. The molecule has 10 heteroatoms. The van der Waals surface area contributed by atoms with E-state index in [9.17, 15) is 18.0 Å². The number of alkyl halides is 3. The first-order valence-corrected chi connectivity index (χ1v) is 11.4. The van der Waals surface area contributed by atoms with Gasteiger partial charge in [-0.25, -0.2) is 4.98 Å². The fourth-order valence-electron chi connectivity index (χ4n) is 4.87. The number of halogens is 3. The maximum Gasteiger partial charge on any atom is 0.522 e. The van der Waals surface area contributed by atoms with Gasteiger partial charge in [-0.3, -0.25) is 9.53 Å². The van der Waals surface area contributed by atoms with Gasteiger partial charge in [0.2, 0.25) is 5.95 Å². The van der Waals surface area contributed by atoms with E-state index in [2.05, 4.69) is 50.2 Å². The second-order valence-corrected chi connectivity index (χ2v) is 9.67. The van der Waals surface area contributed by atoms with Crippen molar-refractivity contribution in [2.45, 2.75) is 63.5 Å². The van der Waals surface area contributed by atoms with E-state index in [-0.39, 0.29) is 17.4 Å². The second kappa shape index (κ2) is 8.26. The van der Waals surface area contributed by atoms with Crippen molar-refractivity contribution >= 4 is 22.9 Å². The SMILES string of the molecule is CC1(C)CNC(=O)c2ccc(-c3c[nH]c4nc(NC5CCC(OC(F)(F)F)CC5)ncc34)cc21. The monoisotopic (exact) mass is 473 g/mol. The van der Waals surface area contributed by atoms with Gasteiger partial charge in [0, 0.05) is 46.9 Å². The Morgan fingerprint density at radius 1 is 1.15 bits per heavy atom. The summed E-state index contributed by atoms with van der Waals surface area (Å²) in [6.45, 7) is 4.79. The molecule has 1 fully saturated rings. The summed E-state index contributed by atoms with van der Waals surface area (Å²) >= 11 is 0. The van der Waals surface area contributed by atoms with Gasteiger partial charge in [0.1, 0.15) is 5.65 Å². The van der Waals surface area contributed by atoms with E-state index in [1.165, 1.54) is 0 Å². The third-order valence-corrected chi connectivity index (χ3v) is 6.74. The number of ether oxygens (including phenoxy) is 1. The number of fused-ring (bicyclic) bond motifs is 2. The zero-order valence-corrected chi connectivity index (χ0v) is 18.9. The Bertz CT molecular complexity index is 1230. The van der Waals surface area contributed by atoms with Crippen molar-refractivity contribution in [3.05, 3.63) is 41.7 Å². The lowest BCUT2D eigenvalue weighted by Crippen LogP contribution is -2.43. The van der Waals surface area contributed by atoms with Gasteiger partial charge in [-0.15, -0.1) is 13.2 Å². The van der Waals surface area contributed by atoms with E-state index in [4.69, 9.17) is 0 Å². The number of hydrogen-bond acceptors (Lipinski definition) is 5. The van der Waals surface area contributed by atoms with Crippen LogP contribution in [0.25, 0.3) is 22.2 Å². The summed E-state index contributed by atoms with van der Waals surface area (Å²) in [6, 6.07) is 5.84. The summed E-state index contributed by atoms with van der Waals surface area (Å²) in [4.78, 5) is 24.5. The van der Waals surface area contributed by atoms with E-state index in [1.54, 1.807) is 6.20 Å². The molecule has 34 heavy (non-hydrogen) atoms. The summed E-state index contributed by atoms with van der Waals surface area (Å²) in [6.07, 6.45) is 0.00208. The molecule has 1 aliphatic heterocycles. The first-order chi connectivity index (χ1) is 16.1. The smallest absolute Gasteiger partial charge is 0.351 e. The standard InChI is InChI=1S/C24H26F3N5O2/c1-23(2)12-30-21(33)16-8-3-13(9-19(16)23)17-10-28-20-18(17)11-29-22(32-20)31-14-4-6-15(7-5-14)34-24(25,26)27/h3,8-11,14-15H,4-7,12H2,1-2H3,(H,30,33)(H2,28,29,31,32). The van der Waals surface area contributed by atoms with Crippen molar-refractivity contribution in [2.24, 2.45) is 0 Å². The number of H-pyrrole nitrogens is 1. The topological polar surface area (TPSA) is 91.9 Å². The zero-order valence-electron chi connectivity index (χ0n) is 18.9. The third-order valence-electron chi connectivity index (χ3n) is 6.74.